The molecule has 1 saturated carbocycles. The van der Waals surface area contributed by atoms with Gasteiger partial charge in [0.2, 0.25) is 4.80 Å². The number of thiazole rings is 1. The Balaban J connectivity index is 1.76. The zero-order valence-corrected chi connectivity index (χ0v) is 17.6. The van der Waals surface area contributed by atoms with E-state index in [1.165, 1.54) is 12.8 Å². The van der Waals surface area contributed by atoms with E-state index in [1.54, 1.807) is 25.6 Å². The molecular weight excluding hydrogens is 370 g/mol. The van der Waals surface area contributed by atoms with Crippen molar-refractivity contribution >= 4 is 17.6 Å². The van der Waals surface area contributed by atoms with E-state index in [0.29, 0.717) is 11.8 Å². The molecule has 0 amide bonds. The summed E-state index contributed by atoms with van der Waals surface area (Å²) in [5, 5.41) is 7.00. The minimum atomic E-state index is 0.205. The SMILES string of the molecule is COc1ccc(-c2csc(=NC(C)C)n2N=CC2CC3C=CC2C3)c(OC)c1. The van der Waals surface area contributed by atoms with Gasteiger partial charge in [-0.05, 0) is 50.7 Å². The van der Waals surface area contributed by atoms with Crippen LogP contribution in [0.15, 0.2) is 45.8 Å². The Bertz CT molecular complexity index is 970. The van der Waals surface area contributed by atoms with Crippen molar-refractivity contribution in [1.82, 2.24) is 4.68 Å². The molecule has 0 radical (unpaired) electrons. The maximum absolute atomic E-state index is 5.63. The van der Waals surface area contributed by atoms with Crippen molar-refractivity contribution in [2.75, 3.05) is 14.2 Å². The molecule has 1 aromatic carbocycles. The molecule has 0 aliphatic heterocycles. The Labute approximate surface area is 170 Å². The molecule has 0 N–H and O–H groups in total. The van der Waals surface area contributed by atoms with E-state index >= 15 is 0 Å². The third-order valence-electron chi connectivity index (χ3n) is 5.44. The molecule has 3 atom stereocenters. The topological polar surface area (TPSA) is 48.1 Å². The smallest absolute Gasteiger partial charge is 0.206 e. The highest BCUT2D eigenvalue weighted by Gasteiger charge is 2.34. The fraction of sp³-hybridized carbons (Fsp3) is 0.455. The van der Waals surface area contributed by atoms with Crippen LogP contribution in [0.3, 0.4) is 0 Å². The lowest BCUT2D eigenvalue weighted by Gasteiger charge is -2.14. The van der Waals surface area contributed by atoms with Crippen LogP contribution in [0, 0.1) is 17.8 Å². The second kappa shape index (κ2) is 7.95. The maximum atomic E-state index is 5.63. The van der Waals surface area contributed by atoms with Crippen LogP contribution in [0.4, 0.5) is 0 Å². The van der Waals surface area contributed by atoms with Crippen LogP contribution in [-0.4, -0.2) is 31.2 Å². The highest BCUT2D eigenvalue weighted by atomic mass is 32.1. The van der Waals surface area contributed by atoms with Gasteiger partial charge in [-0.3, -0.25) is 4.99 Å². The van der Waals surface area contributed by atoms with Gasteiger partial charge < -0.3 is 9.47 Å². The van der Waals surface area contributed by atoms with Gasteiger partial charge in [0.1, 0.15) is 11.5 Å². The molecule has 1 heterocycles. The Hall–Kier alpha value is -2.34. The van der Waals surface area contributed by atoms with Gasteiger partial charge in [-0.1, -0.05) is 12.2 Å². The minimum Gasteiger partial charge on any atom is -0.497 e. The summed E-state index contributed by atoms with van der Waals surface area (Å²) in [6.45, 7) is 4.17. The number of methoxy groups -OCH3 is 2. The minimum absolute atomic E-state index is 0.205. The first kappa shape index (κ1) is 19.0. The van der Waals surface area contributed by atoms with E-state index < -0.39 is 0 Å². The van der Waals surface area contributed by atoms with E-state index in [0.717, 1.165) is 33.5 Å². The molecule has 2 bridgehead atoms. The van der Waals surface area contributed by atoms with Gasteiger partial charge in [0.25, 0.3) is 0 Å². The zero-order valence-electron chi connectivity index (χ0n) is 16.8. The monoisotopic (exact) mass is 397 g/mol. The van der Waals surface area contributed by atoms with Crippen molar-refractivity contribution in [3.63, 3.8) is 0 Å². The van der Waals surface area contributed by atoms with E-state index in [1.807, 2.05) is 22.9 Å². The molecule has 6 heteroatoms. The van der Waals surface area contributed by atoms with E-state index in [2.05, 4.69) is 37.6 Å². The largest absolute Gasteiger partial charge is 0.497 e. The third-order valence-corrected chi connectivity index (χ3v) is 6.27. The van der Waals surface area contributed by atoms with Crippen LogP contribution in [0.5, 0.6) is 11.5 Å². The van der Waals surface area contributed by atoms with Gasteiger partial charge >= 0.3 is 0 Å². The molecule has 0 saturated heterocycles. The Morgan fingerprint density at radius 1 is 1.18 bits per heavy atom. The van der Waals surface area contributed by atoms with Crippen molar-refractivity contribution in [2.45, 2.75) is 32.7 Å². The molecule has 2 aromatic rings. The predicted octanol–water partition coefficient (Wildman–Crippen LogP) is 4.59. The summed E-state index contributed by atoms with van der Waals surface area (Å²) in [5.74, 6) is 3.42. The maximum Gasteiger partial charge on any atom is 0.206 e. The van der Waals surface area contributed by atoms with Gasteiger partial charge in [-0.25, -0.2) is 4.68 Å². The van der Waals surface area contributed by atoms with Gasteiger partial charge in [0, 0.05) is 35.2 Å². The molecule has 1 fully saturated rings. The molecule has 3 unspecified atom stereocenters. The number of hydrogen-bond donors (Lipinski definition) is 0. The van der Waals surface area contributed by atoms with Crippen LogP contribution in [0.25, 0.3) is 11.3 Å². The number of benzene rings is 1. The molecule has 5 nitrogen and oxygen atoms in total. The number of hydrogen-bond acceptors (Lipinski definition) is 5. The van der Waals surface area contributed by atoms with Crippen molar-refractivity contribution in [1.29, 1.82) is 0 Å². The van der Waals surface area contributed by atoms with Gasteiger partial charge in [-0.2, -0.15) is 5.10 Å². The molecule has 148 valence electrons. The van der Waals surface area contributed by atoms with Gasteiger partial charge in [0.05, 0.1) is 19.9 Å². The summed E-state index contributed by atoms with van der Waals surface area (Å²) < 4.78 is 12.9. The first-order chi connectivity index (χ1) is 13.6. The number of ether oxygens (including phenoxy) is 2. The summed E-state index contributed by atoms with van der Waals surface area (Å²) in [7, 11) is 3.34. The number of nitrogens with zero attached hydrogens (tertiary/aromatic N) is 3. The number of allylic oxidation sites excluding steroid dienone is 2. The fourth-order valence-corrected chi connectivity index (χ4v) is 5.02. The zero-order chi connectivity index (χ0) is 19.7. The molecule has 2 aliphatic carbocycles. The Morgan fingerprint density at radius 2 is 2.04 bits per heavy atom. The third kappa shape index (κ3) is 3.65. The lowest BCUT2D eigenvalue weighted by molar-refractivity contribution is 0.395. The number of fused-ring (bicyclic) bond motifs is 2. The summed E-state index contributed by atoms with van der Waals surface area (Å²) in [6, 6.07) is 6.08. The lowest BCUT2D eigenvalue weighted by Crippen LogP contribution is -2.16. The summed E-state index contributed by atoms with van der Waals surface area (Å²) in [4.78, 5) is 5.68. The Kier molecular flexibility index (Phi) is 5.40. The molecule has 4 rings (SSSR count). The van der Waals surface area contributed by atoms with Crippen molar-refractivity contribution in [3.05, 3.63) is 40.5 Å². The van der Waals surface area contributed by atoms with Crippen LogP contribution < -0.4 is 14.3 Å². The Morgan fingerprint density at radius 3 is 2.68 bits per heavy atom. The molecule has 0 spiro atoms. The predicted molar refractivity (Wildman–Crippen MR) is 114 cm³/mol. The summed E-state index contributed by atoms with van der Waals surface area (Å²) in [5.41, 5.74) is 1.97. The molecule has 2 aliphatic rings. The van der Waals surface area contributed by atoms with Crippen molar-refractivity contribution in [2.24, 2.45) is 27.8 Å². The first-order valence-electron chi connectivity index (χ1n) is 9.78. The summed E-state index contributed by atoms with van der Waals surface area (Å²) in [6.07, 6.45) is 9.32. The highest BCUT2D eigenvalue weighted by molar-refractivity contribution is 7.07. The van der Waals surface area contributed by atoms with Crippen molar-refractivity contribution in [3.8, 4) is 22.8 Å². The average molecular weight is 398 g/mol. The van der Waals surface area contributed by atoms with Crippen LogP contribution in [0.2, 0.25) is 0 Å². The number of aromatic nitrogens is 1. The quantitative estimate of drug-likeness (QED) is 0.529. The number of rotatable bonds is 6. The van der Waals surface area contributed by atoms with Crippen LogP contribution >= 0.6 is 11.3 Å². The van der Waals surface area contributed by atoms with Gasteiger partial charge in [-0.15, -0.1) is 11.3 Å². The summed E-state index contributed by atoms with van der Waals surface area (Å²) >= 11 is 1.61. The van der Waals surface area contributed by atoms with Crippen molar-refractivity contribution < 1.29 is 9.47 Å². The fourth-order valence-electron chi connectivity index (χ4n) is 4.06. The van der Waals surface area contributed by atoms with E-state index in [4.69, 9.17) is 19.6 Å². The molecule has 1 aromatic heterocycles. The van der Waals surface area contributed by atoms with Crippen LogP contribution in [-0.2, 0) is 0 Å². The highest BCUT2D eigenvalue weighted by Crippen LogP contribution is 2.42. The molecule has 28 heavy (non-hydrogen) atoms. The normalized spacial score (nSPS) is 24.0. The standard InChI is InChI=1S/C22H27N3O2S/c1-14(2)24-22-25(23-12-17-10-15-5-6-16(17)9-15)20(13-28-22)19-8-7-18(26-3)11-21(19)27-4/h5-8,11-17H,9-10H2,1-4H3. The molecular formula is C22H27N3O2S. The van der Waals surface area contributed by atoms with E-state index in [9.17, 15) is 0 Å². The first-order valence-corrected chi connectivity index (χ1v) is 10.7. The van der Waals surface area contributed by atoms with E-state index in [-0.39, 0.29) is 6.04 Å². The average Bonchev–Trinajstić information content (AvgIpc) is 3.41. The second-order valence-electron chi connectivity index (χ2n) is 7.71. The van der Waals surface area contributed by atoms with Crippen LogP contribution in [0.1, 0.15) is 26.7 Å². The lowest BCUT2D eigenvalue weighted by atomic mass is 9.95. The van der Waals surface area contributed by atoms with Gasteiger partial charge in [0.15, 0.2) is 0 Å². The second-order valence-corrected chi connectivity index (χ2v) is 8.55.